The van der Waals surface area contributed by atoms with E-state index >= 15 is 0 Å². The number of hydrogen-bond acceptors (Lipinski definition) is 3. The SMILES string of the molecule is CCOC1CC(C(=O)NNC(=S)NC)(c2cccc(Br)c2)C1. The Kier molecular flexibility index (Phi) is 5.77. The minimum absolute atomic E-state index is 0.0980. The highest BCUT2D eigenvalue weighted by Crippen LogP contribution is 2.46. The Morgan fingerprint density at radius 2 is 2.18 bits per heavy atom. The molecule has 3 N–H and O–H groups in total. The van der Waals surface area contributed by atoms with Crippen molar-refractivity contribution in [1.29, 1.82) is 0 Å². The molecule has 1 aromatic rings. The summed E-state index contributed by atoms with van der Waals surface area (Å²) < 4.78 is 6.59. The van der Waals surface area contributed by atoms with Gasteiger partial charge in [-0.3, -0.25) is 15.6 Å². The zero-order chi connectivity index (χ0) is 16.2. The van der Waals surface area contributed by atoms with Crippen LogP contribution in [-0.2, 0) is 14.9 Å². The van der Waals surface area contributed by atoms with Crippen LogP contribution in [0.4, 0.5) is 0 Å². The molecule has 120 valence electrons. The third kappa shape index (κ3) is 3.59. The molecule has 0 aromatic heterocycles. The van der Waals surface area contributed by atoms with Crippen LogP contribution in [0, 0.1) is 0 Å². The van der Waals surface area contributed by atoms with E-state index in [9.17, 15) is 4.79 Å². The molecule has 1 aliphatic rings. The number of thiocarbonyl (C=S) groups is 1. The van der Waals surface area contributed by atoms with E-state index in [0.29, 0.717) is 24.6 Å². The number of nitrogens with one attached hydrogen (secondary N) is 3. The molecule has 0 radical (unpaired) electrons. The molecule has 1 aromatic carbocycles. The quantitative estimate of drug-likeness (QED) is 0.546. The minimum atomic E-state index is -0.583. The van der Waals surface area contributed by atoms with E-state index in [1.54, 1.807) is 7.05 Å². The van der Waals surface area contributed by atoms with Gasteiger partial charge in [0.25, 0.3) is 0 Å². The lowest BCUT2D eigenvalue weighted by Gasteiger charge is -2.46. The molecular weight excluding hydrogens is 366 g/mol. The summed E-state index contributed by atoms with van der Waals surface area (Å²) in [6.07, 6.45) is 1.44. The fraction of sp³-hybridized carbons (Fsp3) is 0.467. The van der Waals surface area contributed by atoms with Gasteiger partial charge in [-0.25, -0.2) is 0 Å². The van der Waals surface area contributed by atoms with Crippen LogP contribution in [0.25, 0.3) is 0 Å². The Balaban J connectivity index is 2.17. The number of carbonyl (C=O) groups is 1. The number of ether oxygens (including phenoxy) is 1. The molecule has 22 heavy (non-hydrogen) atoms. The smallest absolute Gasteiger partial charge is 0.249 e. The summed E-state index contributed by atoms with van der Waals surface area (Å²) in [7, 11) is 1.69. The summed E-state index contributed by atoms with van der Waals surface area (Å²) >= 11 is 8.45. The fourth-order valence-electron chi connectivity index (χ4n) is 2.71. The maximum Gasteiger partial charge on any atom is 0.249 e. The zero-order valence-corrected chi connectivity index (χ0v) is 15.0. The molecule has 1 amide bonds. The number of carbonyl (C=O) groups excluding carboxylic acids is 1. The van der Waals surface area contributed by atoms with E-state index in [1.165, 1.54) is 0 Å². The first-order chi connectivity index (χ1) is 10.5. The van der Waals surface area contributed by atoms with Crippen LogP contribution in [-0.4, -0.2) is 30.8 Å². The normalized spacial score (nSPS) is 23.3. The molecule has 0 unspecified atom stereocenters. The van der Waals surface area contributed by atoms with Gasteiger partial charge in [-0.05, 0) is 49.7 Å². The summed E-state index contributed by atoms with van der Waals surface area (Å²) in [6, 6.07) is 7.84. The standard InChI is InChI=1S/C15H20BrN3O2S/c1-3-21-12-8-15(9-12,10-5-4-6-11(16)7-10)13(20)18-19-14(22)17-2/h4-7,12H,3,8-9H2,1-2H3,(H,18,20)(H2,17,19,22). The number of benzene rings is 1. The predicted molar refractivity (Wildman–Crippen MR) is 93.4 cm³/mol. The summed E-state index contributed by atoms with van der Waals surface area (Å²) in [4.78, 5) is 12.7. The Hall–Kier alpha value is -1.18. The van der Waals surface area contributed by atoms with Crippen molar-refractivity contribution >= 4 is 39.2 Å². The number of amides is 1. The van der Waals surface area contributed by atoms with E-state index in [1.807, 2.05) is 31.2 Å². The number of halogens is 1. The first kappa shape index (κ1) is 17.2. The first-order valence-electron chi connectivity index (χ1n) is 7.17. The average molecular weight is 386 g/mol. The molecule has 0 spiro atoms. The first-order valence-corrected chi connectivity index (χ1v) is 8.37. The van der Waals surface area contributed by atoms with Gasteiger partial charge >= 0.3 is 0 Å². The lowest BCUT2D eigenvalue weighted by atomic mass is 9.62. The molecule has 1 aliphatic carbocycles. The van der Waals surface area contributed by atoms with Gasteiger partial charge in [0.1, 0.15) is 0 Å². The molecule has 1 fully saturated rings. The highest BCUT2D eigenvalue weighted by atomic mass is 79.9. The molecule has 0 aliphatic heterocycles. The fourth-order valence-corrected chi connectivity index (χ4v) is 3.16. The second-order valence-corrected chi connectivity index (χ2v) is 6.56. The largest absolute Gasteiger partial charge is 0.378 e. The van der Waals surface area contributed by atoms with Crippen LogP contribution in [0.3, 0.4) is 0 Å². The van der Waals surface area contributed by atoms with Gasteiger partial charge in [0.05, 0.1) is 11.5 Å². The number of rotatable bonds is 4. The van der Waals surface area contributed by atoms with Crippen molar-refractivity contribution in [3.05, 3.63) is 34.3 Å². The highest BCUT2D eigenvalue weighted by Gasteiger charge is 2.52. The van der Waals surface area contributed by atoms with Gasteiger partial charge in [0.15, 0.2) is 5.11 Å². The Morgan fingerprint density at radius 3 is 2.77 bits per heavy atom. The molecule has 5 nitrogen and oxygen atoms in total. The van der Waals surface area contributed by atoms with Crippen LogP contribution in [0.5, 0.6) is 0 Å². The van der Waals surface area contributed by atoms with Crippen LogP contribution in [0.2, 0.25) is 0 Å². The predicted octanol–water partition coefficient (Wildman–Crippen LogP) is 2.01. The number of hydrazine groups is 1. The van der Waals surface area contributed by atoms with E-state index in [4.69, 9.17) is 17.0 Å². The number of hydrogen-bond donors (Lipinski definition) is 3. The minimum Gasteiger partial charge on any atom is -0.378 e. The summed E-state index contributed by atoms with van der Waals surface area (Å²) in [5.41, 5.74) is 5.79. The van der Waals surface area contributed by atoms with Crippen molar-refractivity contribution in [2.45, 2.75) is 31.3 Å². The van der Waals surface area contributed by atoms with Crippen LogP contribution >= 0.6 is 28.1 Å². The zero-order valence-electron chi connectivity index (χ0n) is 12.6. The van der Waals surface area contributed by atoms with Crippen molar-refractivity contribution in [2.75, 3.05) is 13.7 Å². The Labute approximate surface area is 144 Å². The second-order valence-electron chi connectivity index (χ2n) is 5.24. The Bertz CT molecular complexity index is 561. The summed E-state index contributed by atoms with van der Waals surface area (Å²) in [5, 5.41) is 3.13. The van der Waals surface area contributed by atoms with Crippen LogP contribution < -0.4 is 16.2 Å². The Morgan fingerprint density at radius 1 is 1.45 bits per heavy atom. The van der Waals surface area contributed by atoms with Gasteiger partial charge in [0, 0.05) is 18.1 Å². The van der Waals surface area contributed by atoms with Crippen molar-refractivity contribution < 1.29 is 9.53 Å². The molecule has 1 saturated carbocycles. The van der Waals surface area contributed by atoms with E-state index in [2.05, 4.69) is 32.1 Å². The molecule has 2 rings (SSSR count). The molecule has 0 saturated heterocycles. The highest BCUT2D eigenvalue weighted by molar-refractivity contribution is 9.10. The summed E-state index contributed by atoms with van der Waals surface area (Å²) in [5.74, 6) is -0.0980. The molecule has 0 heterocycles. The molecular formula is C15H20BrN3O2S. The van der Waals surface area contributed by atoms with Crippen molar-refractivity contribution in [3.8, 4) is 0 Å². The van der Waals surface area contributed by atoms with Crippen molar-refractivity contribution in [2.24, 2.45) is 0 Å². The molecule has 0 bridgehead atoms. The van der Waals surface area contributed by atoms with Gasteiger partial charge in [0.2, 0.25) is 5.91 Å². The van der Waals surface area contributed by atoms with Gasteiger partial charge in [-0.1, -0.05) is 28.1 Å². The van der Waals surface area contributed by atoms with E-state index in [-0.39, 0.29) is 12.0 Å². The lowest BCUT2D eigenvalue weighted by Crippen LogP contribution is -2.59. The second kappa shape index (κ2) is 7.39. The van der Waals surface area contributed by atoms with Crippen LogP contribution in [0.15, 0.2) is 28.7 Å². The van der Waals surface area contributed by atoms with Crippen LogP contribution in [0.1, 0.15) is 25.3 Å². The van der Waals surface area contributed by atoms with Gasteiger partial charge in [-0.2, -0.15) is 0 Å². The molecule has 7 heteroatoms. The lowest BCUT2D eigenvalue weighted by molar-refractivity contribution is -0.138. The average Bonchev–Trinajstić information content (AvgIpc) is 2.47. The van der Waals surface area contributed by atoms with E-state index in [0.717, 1.165) is 10.0 Å². The maximum absolute atomic E-state index is 12.7. The van der Waals surface area contributed by atoms with Crippen molar-refractivity contribution in [3.63, 3.8) is 0 Å². The van der Waals surface area contributed by atoms with Gasteiger partial charge < -0.3 is 10.1 Å². The topological polar surface area (TPSA) is 62.4 Å². The van der Waals surface area contributed by atoms with E-state index < -0.39 is 5.41 Å². The summed E-state index contributed by atoms with van der Waals surface area (Å²) in [6.45, 7) is 2.62. The monoisotopic (exact) mass is 385 g/mol. The molecule has 0 atom stereocenters. The van der Waals surface area contributed by atoms with Crippen molar-refractivity contribution in [1.82, 2.24) is 16.2 Å². The third-order valence-electron chi connectivity index (χ3n) is 3.88. The van der Waals surface area contributed by atoms with Gasteiger partial charge in [-0.15, -0.1) is 0 Å². The third-order valence-corrected chi connectivity index (χ3v) is 4.68. The maximum atomic E-state index is 12.7.